The van der Waals surface area contributed by atoms with Gasteiger partial charge in [0.1, 0.15) is 0 Å². The molecular weight excluding hydrogens is 236 g/mol. The highest BCUT2D eigenvalue weighted by molar-refractivity contribution is 5.32. The molecule has 0 saturated heterocycles. The standard InChI is InChI=1S/C15H20N4/c1-3-12-4-6-13(7-5-12)11-19(2)15-17-9-8-14(10-16)18-15/h4-9H,3,10-11,16H2,1-2H3. The highest BCUT2D eigenvalue weighted by Gasteiger charge is 2.05. The lowest BCUT2D eigenvalue weighted by Gasteiger charge is -2.17. The summed E-state index contributed by atoms with van der Waals surface area (Å²) in [6.45, 7) is 3.39. The van der Waals surface area contributed by atoms with Gasteiger partial charge in [0.15, 0.2) is 0 Å². The molecule has 0 aliphatic heterocycles. The van der Waals surface area contributed by atoms with Crippen LogP contribution in [0, 0.1) is 0 Å². The molecule has 2 aromatic rings. The van der Waals surface area contributed by atoms with Gasteiger partial charge in [-0.15, -0.1) is 0 Å². The van der Waals surface area contributed by atoms with Crippen LogP contribution in [0.1, 0.15) is 23.7 Å². The van der Waals surface area contributed by atoms with E-state index < -0.39 is 0 Å². The monoisotopic (exact) mass is 256 g/mol. The number of hydrogen-bond acceptors (Lipinski definition) is 4. The van der Waals surface area contributed by atoms with E-state index in [0.717, 1.165) is 18.7 Å². The third-order valence-electron chi connectivity index (χ3n) is 3.10. The molecule has 0 fully saturated rings. The summed E-state index contributed by atoms with van der Waals surface area (Å²) < 4.78 is 0. The van der Waals surface area contributed by atoms with E-state index in [-0.39, 0.29) is 0 Å². The van der Waals surface area contributed by atoms with Crippen LogP contribution in [-0.2, 0) is 19.5 Å². The molecule has 0 atom stereocenters. The molecule has 0 spiro atoms. The van der Waals surface area contributed by atoms with Crippen molar-refractivity contribution in [1.82, 2.24) is 9.97 Å². The van der Waals surface area contributed by atoms with E-state index >= 15 is 0 Å². The fourth-order valence-electron chi connectivity index (χ4n) is 1.91. The molecule has 0 aliphatic rings. The van der Waals surface area contributed by atoms with Crippen LogP contribution in [0.5, 0.6) is 0 Å². The molecule has 19 heavy (non-hydrogen) atoms. The first-order valence-corrected chi connectivity index (χ1v) is 6.54. The van der Waals surface area contributed by atoms with Crippen LogP contribution in [0.4, 0.5) is 5.95 Å². The van der Waals surface area contributed by atoms with Crippen LogP contribution in [0.2, 0.25) is 0 Å². The quantitative estimate of drug-likeness (QED) is 0.890. The minimum absolute atomic E-state index is 0.439. The fourth-order valence-corrected chi connectivity index (χ4v) is 1.91. The Kier molecular flexibility index (Phi) is 4.47. The maximum absolute atomic E-state index is 5.59. The van der Waals surface area contributed by atoms with E-state index in [2.05, 4.69) is 41.2 Å². The summed E-state index contributed by atoms with van der Waals surface area (Å²) in [5.41, 5.74) is 9.06. The van der Waals surface area contributed by atoms with Crippen molar-refractivity contribution in [2.75, 3.05) is 11.9 Å². The zero-order valence-corrected chi connectivity index (χ0v) is 11.5. The van der Waals surface area contributed by atoms with Crippen LogP contribution in [-0.4, -0.2) is 17.0 Å². The summed E-state index contributed by atoms with van der Waals surface area (Å²) in [6.07, 6.45) is 2.82. The lowest BCUT2D eigenvalue weighted by atomic mass is 10.1. The minimum atomic E-state index is 0.439. The number of nitrogens with zero attached hydrogens (tertiary/aromatic N) is 3. The van der Waals surface area contributed by atoms with Crippen molar-refractivity contribution in [3.05, 3.63) is 53.3 Å². The first-order valence-electron chi connectivity index (χ1n) is 6.54. The maximum Gasteiger partial charge on any atom is 0.225 e. The molecule has 2 N–H and O–H groups in total. The van der Waals surface area contributed by atoms with Crippen molar-refractivity contribution >= 4 is 5.95 Å². The fraction of sp³-hybridized carbons (Fsp3) is 0.333. The third-order valence-corrected chi connectivity index (χ3v) is 3.10. The molecule has 0 radical (unpaired) electrons. The lowest BCUT2D eigenvalue weighted by molar-refractivity contribution is 0.844. The van der Waals surface area contributed by atoms with Gasteiger partial charge < -0.3 is 10.6 Å². The Morgan fingerprint density at radius 1 is 1.11 bits per heavy atom. The first kappa shape index (κ1) is 13.5. The highest BCUT2D eigenvalue weighted by Crippen LogP contribution is 2.11. The van der Waals surface area contributed by atoms with Gasteiger partial charge in [-0.2, -0.15) is 0 Å². The van der Waals surface area contributed by atoms with E-state index in [1.54, 1.807) is 6.20 Å². The molecule has 1 aromatic heterocycles. The molecule has 0 amide bonds. The highest BCUT2D eigenvalue weighted by atomic mass is 15.2. The van der Waals surface area contributed by atoms with Gasteiger partial charge >= 0.3 is 0 Å². The van der Waals surface area contributed by atoms with Gasteiger partial charge in [-0.3, -0.25) is 0 Å². The maximum atomic E-state index is 5.59. The summed E-state index contributed by atoms with van der Waals surface area (Å²) in [5, 5.41) is 0. The Morgan fingerprint density at radius 2 is 1.79 bits per heavy atom. The molecule has 0 aliphatic carbocycles. The van der Waals surface area contributed by atoms with Crippen molar-refractivity contribution < 1.29 is 0 Å². The number of nitrogens with two attached hydrogens (primary N) is 1. The van der Waals surface area contributed by atoms with Gasteiger partial charge in [0.05, 0.1) is 5.69 Å². The normalized spacial score (nSPS) is 10.5. The summed E-state index contributed by atoms with van der Waals surface area (Å²) in [4.78, 5) is 10.7. The van der Waals surface area contributed by atoms with Crippen LogP contribution in [0.15, 0.2) is 36.5 Å². The molecule has 0 bridgehead atoms. The molecule has 0 saturated carbocycles. The second kappa shape index (κ2) is 6.29. The van der Waals surface area contributed by atoms with Gasteiger partial charge in [-0.05, 0) is 23.6 Å². The average Bonchev–Trinajstić information content (AvgIpc) is 2.48. The Bertz CT molecular complexity index is 522. The Hall–Kier alpha value is -1.94. The Labute approximate surface area is 114 Å². The number of aryl methyl sites for hydroxylation is 1. The largest absolute Gasteiger partial charge is 0.340 e. The van der Waals surface area contributed by atoms with E-state index in [4.69, 9.17) is 5.73 Å². The van der Waals surface area contributed by atoms with E-state index in [1.165, 1.54) is 11.1 Å². The molecule has 2 rings (SSSR count). The second-order valence-electron chi connectivity index (χ2n) is 4.58. The summed E-state index contributed by atoms with van der Waals surface area (Å²) in [5.74, 6) is 0.711. The van der Waals surface area contributed by atoms with Gasteiger partial charge in [0, 0.05) is 26.3 Å². The molecule has 1 aromatic carbocycles. The van der Waals surface area contributed by atoms with E-state index in [9.17, 15) is 0 Å². The van der Waals surface area contributed by atoms with Gasteiger partial charge in [0.25, 0.3) is 0 Å². The summed E-state index contributed by atoms with van der Waals surface area (Å²) in [7, 11) is 1.99. The number of aromatic nitrogens is 2. The van der Waals surface area contributed by atoms with E-state index in [1.807, 2.05) is 18.0 Å². The molecule has 1 heterocycles. The second-order valence-corrected chi connectivity index (χ2v) is 4.58. The third kappa shape index (κ3) is 3.51. The van der Waals surface area contributed by atoms with Crippen molar-refractivity contribution in [3.63, 3.8) is 0 Å². The first-order chi connectivity index (χ1) is 9.22. The van der Waals surface area contributed by atoms with Crippen LogP contribution >= 0.6 is 0 Å². The number of anilines is 1. The number of hydrogen-bond donors (Lipinski definition) is 1. The van der Waals surface area contributed by atoms with Crippen molar-refractivity contribution in [3.8, 4) is 0 Å². The Balaban J connectivity index is 2.08. The van der Waals surface area contributed by atoms with Crippen molar-refractivity contribution in [1.29, 1.82) is 0 Å². The predicted octanol–water partition coefficient (Wildman–Crippen LogP) is 2.13. The smallest absolute Gasteiger partial charge is 0.225 e. The predicted molar refractivity (Wildman–Crippen MR) is 77.9 cm³/mol. The van der Waals surface area contributed by atoms with Crippen LogP contribution in [0.25, 0.3) is 0 Å². The molecule has 4 heteroatoms. The van der Waals surface area contributed by atoms with Gasteiger partial charge in [0.2, 0.25) is 5.95 Å². The zero-order valence-electron chi connectivity index (χ0n) is 11.5. The average molecular weight is 256 g/mol. The van der Waals surface area contributed by atoms with E-state index in [0.29, 0.717) is 12.5 Å². The Morgan fingerprint density at radius 3 is 2.42 bits per heavy atom. The van der Waals surface area contributed by atoms with Crippen LogP contribution < -0.4 is 10.6 Å². The van der Waals surface area contributed by atoms with Crippen LogP contribution in [0.3, 0.4) is 0 Å². The number of benzene rings is 1. The molecule has 0 unspecified atom stereocenters. The topological polar surface area (TPSA) is 55.0 Å². The minimum Gasteiger partial charge on any atom is -0.340 e. The molecule has 100 valence electrons. The SMILES string of the molecule is CCc1ccc(CN(C)c2nccc(CN)n2)cc1. The number of rotatable bonds is 5. The zero-order chi connectivity index (χ0) is 13.7. The van der Waals surface area contributed by atoms with Crippen molar-refractivity contribution in [2.45, 2.75) is 26.4 Å². The summed E-state index contributed by atoms with van der Waals surface area (Å²) >= 11 is 0. The van der Waals surface area contributed by atoms with Crippen molar-refractivity contribution in [2.24, 2.45) is 5.73 Å². The summed E-state index contributed by atoms with van der Waals surface area (Å²) in [6, 6.07) is 10.5. The molecular formula is C15H20N4. The van der Waals surface area contributed by atoms with Gasteiger partial charge in [-0.25, -0.2) is 9.97 Å². The van der Waals surface area contributed by atoms with Gasteiger partial charge in [-0.1, -0.05) is 31.2 Å². The molecule has 4 nitrogen and oxygen atoms in total. The lowest BCUT2D eigenvalue weighted by Crippen LogP contribution is -2.19.